The molecule has 3 aromatic rings. The Kier molecular flexibility index (Phi) is 6.28. The van der Waals surface area contributed by atoms with E-state index in [9.17, 15) is 9.59 Å². The first-order chi connectivity index (χ1) is 17.0. The third-order valence-electron chi connectivity index (χ3n) is 7.00. The summed E-state index contributed by atoms with van der Waals surface area (Å²) in [5, 5.41) is 9.14. The lowest BCUT2D eigenvalue weighted by atomic mass is 9.94. The highest BCUT2D eigenvalue weighted by Crippen LogP contribution is 2.42. The number of piperazine rings is 1. The minimum atomic E-state index is -0.462. The van der Waals surface area contributed by atoms with Crippen molar-refractivity contribution in [2.24, 2.45) is 5.73 Å². The number of amides is 2. The van der Waals surface area contributed by atoms with E-state index in [1.807, 2.05) is 53.4 Å². The fraction of sp³-hybridized carbons (Fsp3) is 0.286. The number of aliphatic hydroxyl groups excluding tert-OH is 1. The van der Waals surface area contributed by atoms with Crippen molar-refractivity contribution in [2.45, 2.75) is 6.42 Å². The van der Waals surface area contributed by atoms with Gasteiger partial charge in [0, 0.05) is 43.9 Å². The molecular weight excluding hydrogens is 442 g/mol. The molecule has 0 unspecified atom stereocenters. The van der Waals surface area contributed by atoms with E-state index < -0.39 is 5.91 Å². The number of primary amides is 1. The van der Waals surface area contributed by atoms with Gasteiger partial charge in [0.05, 0.1) is 13.7 Å². The number of carbonyl (C=O) groups is 2. The van der Waals surface area contributed by atoms with Gasteiger partial charge in [-0.25, -0.2) is 0 Å². The number of nitrogens with zero attached hydrogens (tertiary/aromatic N) is 2. The van der Waals surface area contributed by atoms with E-state index >= 15 is 0 Å². The summed E-state index contributed by atoms with van der Waals surface area (Å²) < 4.78 is 5.37. The molecular formula is C28H29N3O4. The number of hydrogen-bond acceptors (Lipinski definition) is 5. The van der Waals surface area contributed by atoms with Gasteiger partial charge < -0.3 is 20.5 Å². The van der Waals surface area contributed by atoms with Gasteiger partial charge in [-0.1, -0.05) is 18.2 Å². The molecule has 0 saturated carbocycles. The molecule has 1 fully saturated rings. The molecule has 7 nitrogen and oxygen atoms in total. The van der Waals surface area contributed by atoms with Crippen LogP contribution in [0.1, 0.15) is 31.8 Å². The van der Waals surface area contributed by atoms with Gasteiger partial charge in [-0.2, -0.15) is 0 Å². The number of β-amino-alcohol motifs (C(OH)–C–C–N with tert-alkyl or cyclic N) is 1. The summed E-state index contributed by atoms with van der Waals surface area (Å²) in [7, 11) is 1.63. The number of methoxy groups -OCH3 is 1. The zero-order valence-electron chi connectivity index (χ0n) is 19.8. The van der Waals surface area contributed by atoms with Gasteiger partial charge in [0.25, 0.3) is 5.91 Å². The fourth-order valence-corrected chi connectivity index (χ4v) is 5.12. The van der Waals surface area contributed by atoms with Crippen LogP contribution in [0.2, 0.25) is 0 Å². The van der Waals surface area contributed by atoms with Crippen molar-refractivity contribution < 1.29 is 19.4 Å². The smallest absolute Gasteiger partial charge is 0.253 e. The molecule has 1 saturated heterocycles. The first kappa shape index (κ1) is 23.1. The Bertz CT molecular complexity index is 1300. The number of fused-ring (bicyclic) bond motifs is 3. The van der Waals surface area contributed by atoms with Gasteiger partial charge in [-0.3, -0.25) is 14.5 Å². The maximum atomic E-state index is 13.2. The van der Waals surface area contributed by atoms with Gasteiger partial charge in [0.2, 0.25) is 5.91 Å². The van der Waals surface area contributed by atoms with Crippen molar-refractivity contribution in [1.82, 2.24) is 9.80 Å². The van der Waals surface area contributed by atoms with Crippen LogP contribution in [0.25, 0.3) is 22.3 Å². The Morgan fingerprint density at radius 2 is 1.77 bits per heavy atom. The number of nitrogens with two attached hydrogens (primary N) is 1. The van der Waals surface area contributed by atoms with E-state index in [0.29, 0.717) is 37.2 Å². The SMILES string of the molecule is COc1cccc(-c2cc(C(N)=O)c3c(c2)-c2ccc(C(=O)N4CCN(CCO)CC4)cc2C3)c1. The van der Waals surface area contributed by atoms with E-state index in [4.69, 9.17) is 15.6 Å². The number of rotatable bonds is 6. The van der Waals surface area contributed by atoms with E-state index in [0.717, 1.165) is 52.2 Å². The molecule has 5 rings (SSSR count). The van der Waals surface area contributed by atoms with Gasteiger partial charge in [-0.05, 0) is 76.2 Å². The summed E-state index contributed by atoms with van der Waals surface area (Å²) in [6.45, 7) is 3.58. The van der Waals surface area contributed by atoms with E-state index in [2.05, 4.69) is 11.0 Å². The van der Waals surface area contributed by atoms with Gasteiger partial charge in [-0.15, -0.1) is 0 Å². The fourth-order valence-electron chi connectivity index (χ4n) is 5.12. The van der Waals surface area contributed by atoms with Crippen molar-refractivity contribution >= 4 is 11.8 Å². The Morgan fingerprint density at radius 1 is 0.971 bits per heavy atom. The Hall–Kier alpha value is -3.68. The number of benzene rings is 3. The predicted octanol–water partition coefficient (Wildman–Crippen LogP) is 2.78. The highest BCUT2D eigenvalue weighted by atomic mass is 16.5. The number of aliphatic hydroxyl groups is 1. The molecule has 180 valence electrons. The van der Waals surface area contributed by atoms with Crippen molar-refractivity contribution in [3.63, 3.8) is 0 Å². The second-order valence-electron chi connectivity index (χ2n) is 9.05. The second-order valence-corrected chi connectivity index (χ2v) is 9.05. The van der Waals surface area contributed by atoms with E-state index in [-0.39, 0.29) is 12.5 Å². The largest absolute Gasteiger partial charge is 0.497 e. The molecule has 3 N–H and O–H groups in total. The average Bonchev–Trinajstić information content (AvgIpc) is 3.26. The monoisotopic (exact) mass is 471 g/mol. The highest BCUT2D eigenvalue weighted by molar-refractivity contribution is 6.01. The van der Waals surface area contributed by atoms with Crippen molar-refractivity contribution in [3.05, 3.63) is 76.9 Å². The maximum Gasteiger partial charge on any atom is 0.253 e. The third-order valence-corrected chi connectivity index (χ3v) is 7.00. The Balaban J connectivity index is 1.46. The van der Waals surface area contributed by atoms with Crippen LogP contribution in [0.3, 0.4) is 0 Å². The van der Waals surface area contributed by atoms with Crippen LogP contribution in [0.5, 0.6) is 5.75 Å². The van der Waals surface area contributed by atoms with Crippen molar-refractivity contribution in [1.29, 1.82) is 0 Å². The molecule has 1 aliphatic heterocycles. The minimum absolute atomic E-state index is 0.0135. The minimum Gasteiger partial charge on any atom is -0.497 e. The van der Waals surface area contributed by atoms with Crippen LogP contribution >= 0.6 is 0 Å². The summed E-state index contributed by atoms with van der Waals surface area (Å²) in [6.07, 6.45) is 0.562. The standard InChI is InChI=1S/C28H29N3O4/c1-35-22-4-2-3-18(14-22)20-15-24-23-6-5-19(13-21(23)17-25(24)26(16-20)27(29)33)28(34)31-9-7-30(8-10-31)11-12-32/h2-6,13-16,32H,7-12,17H2,1H3,(H2,29,33). The molecule has 2 amide bonds. The molecule has 3 aromatic carbocycles. The molecule has 7 heteroatoms. The lowest BCUT2D eigenvalue weighted by molar-refractivity contribution is 0.0614. The van der Waals surface area contributed by atoms with Crippen LogP contribution in [-0.4, -0.2) is 73.2 Å². The average molecular weight is 472 g/mol. The quantitative estimate of drug-likeness (QED) is 0.451. The summed E-state index contributed by atoms with van der Waals surface area (Å²) in [5.74, 6) is 0.292. The van der Waals surface area contributed by atoms with Crippen LogP contribution in [0.15, 0.2) is 54.6 Å². The van der Waals surface area contributed by atoms with E-state index in [1.54, 1.807) is 7.11 Å². The van der Waals surface area contributed by atoms with Gasteiger partial charge in [0.15, 0.2) is 0 Å². The predicted molar refractivity (Wildman–Crippen MR) is 135 cm³/mol. The summed E-state index contributed by atoms with van der Waals surface area (Å²) in [6, 6.07) is 17.5. The molecule has 35 heavy (non-hydrogen) atoms. The second kappa shape index (κ2) is 9.52. The molecule has 0 bridgehead atoms. The lowest BCUT2D eigenvalue weighted by Gasteiger charge is -2.34. The normalized spacial score (nSPS) is 15.0. The molecule has 1 aliphatic carbocycles. The molecule has 0 spiro atoms. The molecule has 2 aliphatic rings. The zero-order valence-corrected chi connectivity index (χ0v) is 19.8. The highest BCUT2D eigenvalue weighted by Gasteiger charge is 2.27. The molecule has 0 atom stereocenters. The van der Waals surface area contributed by atoms with E-state index in [1.165, 1.54) is 0 Å². The topological polar surface area (TPSA) is 96.1 Å². The Labute approximate surface area is 204 Å². The van der Waals surface area contributed by atoms with Crippen LogP contribution in [0, 0.1) is 0 Å². The van der Waals surface area contributed by atoms with Gasteiger partial charge in [0.1, 0.15) is 5.75 Å². The molecule has 1 heterocycles. The third kappa shape index (κ3) is 4.40. The first-order valence-corrected chi connectivity index (χ1v) is 11.9. The summed E-state index contributed by atoms with van der Waals surface area (Å²) >= 11 is 0. The number of hydrogen-bond donors (Lipinski definition) is 2. The van der Waals surface area contributed by atoms with Crippen molar-refractivity contribution in [3.8, 4) is 28.0 Å². The maximum absolute atomic E-state index is 13.2. The van der Waals surface area contributed by atoms with Crippen LogP contribution < -0.4 is 10.5 Å². The van der Waals surface area contributed by atoms with Gasteiger partial charge >= 0.3 is 0 Å². The summed E-state index contributed by atoms with van der Waals surface area (Å²) in [5.41, 5.74) is 12.7. The Morgan fingerprint density at radius 3 is 2.49 bits per heavy atom. The van der Waals surface area contributed by atoms with Crippen LogP contribution in [0.4, 0.5) is 0 Å². The number of ether oxygens (including phenoxy) is 1. The van der Waals surface area contributed by atoms with Crippen LogP contribution in [-0.2, 0) is 6.42 Å². The molecule has 0 aromatic heterocycles. The first-order valence-electron chi connectivity index (χ1n) is 11.9. The lowest BCUT2D eigenvalue weighted by Crippen LogP contribution is -2.49. The number of carbonyl (C=O) groups excluding carboxylic acids is 2. The molecule has 0 radical (unpaired) electrons. The zero-order chi connectivity index (χ0) is 24.5. The summed E-state index contributed by atoms with van der Waals surface area (Å²) in [4.78, 5) is 29.6. The van der Waals surface area contributed by atoms with Crippen molar-refractivity contribution in [2.75, 3.05) is 46.4 Å².